The number of thiazole rings is 1. The van der Waals surface area contributed by atoms with Gasteiger partial charge in [0.15, 0.2) is 0 Å². The van der Waals surface area contributed by atoms with E-state index in [-0.39, 0.29) is 18.5 Å². The summed E-state index contributed by atoms with van der Waals surface area (Å²) >= 11 is 3.33. The summed E-state index contributed by atoms with van der Waals surface area (Å²) < 4.78 is 1.15. The second-order valence-electron chi connectivity index (χ2n) is 6.57. The highest BCUT2D eigenvalue weighted by atomic mass is 32.1. The first kappa shape index (κ1) is 18.8. The van der Waals surface area contributed by atoms with Crippen LogP contribution in [0.15, 0.2) is 72.1 Å². The van der Waals surface area contributed by atoms with Crippen molar-refractivity contribution in [1.29, 1.82) is 0 Å². The molecular formula is C22H21N3OS2. The molecule has 2 heterocycles. The molecule has 4 rings (SSSR count). The standard InChI is InChI=1S/C22H21N3OS2/c1-25(15-20-24-17-10-5-6-11-18(17)28-20)21(26)14-23-22(19-12-7-13-27-19)16-8-3-2-4-9-16/h2-13,22-23H,14-15H2,1H3/t22-/m0/s1. The Labute approximate surface area is 172 Å². The van der Waals surface area contributed by atoms with E-state index in [2.05, 4.69) is 39.9 Å². The number of benzene rings is 2. The molecular weight excluding hydrogens is 386 g/mol. The zero-order valence-electron chi connectivity index (χ0n) is 15.5. The second kappa shape index (κ2) is 8.65. The first-order valence-corrected chi connectivity index (χ1v) is 10.8. The molecule has 4 nitrogen and oxygen atoms in total. The van der Waals surface area contributed by atoms with E-state index >= 15 is 0 Å². The maximum Gasteiger partial charge on any atom is 0.236 e. The molecule has 0 unspecified atom stereocenters. The summed E-state index contributed by atoms with van der Waals surface area (Å²) in [6, 6.07) is 22.5. The maximum absolute atomic E-state index is 12.7. The second-order valence-corrected chi connectivity index (χ2v) is 8.66. The molecule has 6 heteroatoms. The van der Waals surface area contributed by atoms with Crippen molar-refractivity contribution in [1.82, 2.24) is 15.2 Å². The summed E-state index contributed by atoms with van der Waals surface area (Å²) in [6.07, 6.45) is 0. The van der Waals surface area contributed by atoms with E-state index in [1.807, 2.05) is 49.5 Å². The topological polar surface area (TPSA) is 45.2 Å². The van der Waals surface area contributed by atoms with Crippen LogP contribution in [0.4, 0.5) is 0 Å². The van der Waals surface area contributed by atoms with E-state index in [0.717, 1.165) is 20.8 Å². The maximum atomic E-state index is 12.7. The molecule has 28 heavy (non-hydrogen) atoms. The predicted molar refractivity (Wildman–Crippen MR) is 117 cm³/mol. The molecule has 0 aliphatic carbocycles. The summed E-state index contributed by atoms with van der Waals surface area (Å²) in [5.74, 6) is 0.0525. The molecule has 0 saturated carbocycles. The van der Waals surface area contributed by atoms with Gasteiger partial charge in [0.1, 0.15) is 5.01 Å². The SMILES string of the molecule is CN(Cc1nc2ccccc2s1)C(=O)CN[C@@H](c1ccccc1)c1cccs1. The van der Waals surface area contributed by atoms with Gasteiger partial charge in [0.05, 0.1) is 29.3 Å². The fraction of sp³-hybridized carbons (Fsp3) is 0.182. The highest BCUT2D eigenvalue weighted by Gasteiger charge is 2.18. The number of likely N-dealkylation sites (N-methyl/N-ethyl adjacent to an activating group) is 1. The van der Waals surface area contributed by atoms with E-state index in [9.17, 15) is 4.79 Å². The van der Waals surface area contributed by atoms with Gasteiger partial charge in [-0.3, -0.25) is 10.1 Å². The minimum Gasteiger partial charge on any atom is -0.338 e. The van der Waals surface area contributed by atoms with Gasteiger partial charge in [-0.25, -0.2) is 4.98 Å². The van der Waals surface area contributed by atoms with Crippen LogP contribution in [0.5, 0.6) is 0 Å². The molecule has 1 amide bonds. The molecule has 0 bridgehead atoms. The van der Waals surface area contributed by atoms with Crippen LogP contribution >= 0.6 is 22.7 Å². The monoisotopic (exact) mass is 407 g/mol. The molecule has 4 aromatic rings. The molecule has 0 fully saturated rings. The van der Waals surface area contributed by atoms with Gasteiger partial charge in [0.25, 0.3) is 0 Å². The van der Waals surface area contributed by atoms with Crippen molar-refractivity contribution in [3.05, 3.63) is 87.6 Å². The van der Waals surface area contributed by atoms with Crippen molar-refractivity contribution < 1.29 is 4.79 Å². The van der Waals surface area contributed by atoms with Crippen LogP contribution in [0, 0.1) is 0 Å². The van der Waals surface area contributed by atoms with Gasteiger partial charge in [-0.15, -0.1) is 22.7 Å². The molecule has 1 atom stereocenters. The van der Waals surface area contributed by atoms with Gasteiger partial charge in [0, 0.05) is 11.9 Å². The van der Waals surface area contributed by atoms with Crippen molar-refractivity contribution in [2.24, 2.45) is 0 Å². The molecule has 0 spiro atoms. The van der Waals surface area contributed by atoms with Crippen molar-refractivity contribution in [3.8, 4) is 0 Å². The lowest BCUT2D eigenvalue weighted by atomic mass is 10.1. The lowest BCUT2D eigenvalue weighted by Gasteiger charge is -2.21. The van der Waals surface area contributed by atoms with Crippen LogP contribution in [0.2, 0.25) is 0 Å². The van der Waals surface area contributed by atoms with E-state index in [4.69, 9.17) is 0 Å². The number of thiophene rings is 1. The minimum absolute atomic E-state index is 0.0148. The van der Waals surface area contributed by atoms with Crippen molar-refractivity contribution >= 4 is 38.8 Å². The number of aromatic nitrogens is 1. The number of fused-ring (bicyclic) bond motifs is 1. The lowest BCUT2D eigenvalue weighted by molar-refractivity contribution is -0.129. The Bertz CT molecular complexity index is 1010. The Morgan fingerprint density at radius 2 is 1.86 bits per heavy atom. The molecule has 0 radical (unpaired) electrons. The van der Waals surface area contributed by atoms with Crippen LogP contribution in [-0.2, 0) is 11.3 Å². The Kier molecular flexibility index (Phi) is 5.81. The number of rotatable bonds is 7. The third-order valence-electron chi connectivity index (χ3n) is 4.55. The van der Waals surface area contributed by atoms with Crippen LogP contribution in [0.25, 0.3) is 10.2 Å². The average molecular weight is 408 g/mol. The van der Waals surface area contributed by atoms with E-state index in [0.29, 0.717) is 6.54 Å². The largest absolute Gasteiger partial charge is 0.338 e. The predicted octanol–water partition coefficient (Wildman–Crippen LogP) is 4.70. The summed E-state index contributed by atoms with van der Waals surface area (Å²) in [5.41, 5.74) is 2.15. The number of nitrogens with one attached hydrogen (secondary N) is 1. The number of para-hydroxylation sites is 1. The quantitative estimate of drug-likeness (QED) is 0.483. The van der Waals surface area contributed by atoms with Crippen LogP contribution < -0.4 is 5.32 Å². The Balaban J connectivity index is 1.41. The van der Waals surface area contributed by atoms with Crippen molar-refractivity contribution in [2.45, 2.75) is 12.6 Å². The summed E-state index contributed by atoms with van der Waals surface area (Å²) in [6.45, 7) is 0.799. The molecule has 2 aromatic heterocycles. The summed E-state index contributed by atoms with van der Waals surface area (Å²) in [4.78, 5) is 20.3. The van der Waals surface area contributed by atoms with E-state index in [1.54, 1.807) is 27.6 Å². The van der Waals surface area contributed by atoms with Crippen LogP contribution in [0.1, 0.15) is 21.5 Å². The number of carbonyl (C=O) groups excluding carboxylic acids is 1. The zero-order chi connectivity index (χ0) is 19.3. The molecule has 0 aliphatic rings. The van der Waals surface area contributed by atoms with Gasteiger partial charge in [-0.05, 0) is 29.1 Å². The summed E-state index contributed by atoms with van der Waals surface area (Å²) in [5, 5.41) is 6.45. The average Bonchev–Trinajstić information content (AvgIpc) is 3.38. The minimum atomic E-state index is 0.0148. The van der Waals surface area contributed by atoms with Gasteiger partial charge >= 0.3 is 0 Å². The number of hydrogen-bond acceptors (Lipinski definition) is 5. The van der Waals surface area contributed by atoms with Gasteiger partial charge in [-0.2, -0.15) is 0 Å². The number of nitrogens with zero attached hydrogens (tertiary/aromatic N) is 2. The van der Waals surface area contributed by atoms with Gasteiger partial charge in [-0.1, -0.05) is 48.5 Å². The number of carbonyl (C=O) groups is 1. The van der Waals surface area contributed by atoms with Gasteiger partial charge in [0.2, 0.25) is 5.91 Å². The van der Waals surface area contributed by atoms with E-state index in [1.165, 1.54) is 4.88 Å². The lowest BCUT2D eigenvalue weighted by Crippen LogP contribution is -2.36. The van der Waals surface area contributed by atoms with Crippen molar-refractivity contribution in [2.75, 3.05) is 13.6 Å². The highest BCUT2D eigenvalue weighted by molar-refractivity contribution is 7.18. The Hall–Kier alpha value is -2.54. The highest BCUT2D eigenvalue weighted by Crippen LogP contribution is 2.26. The first-order chi connectivity index (χ1) is 13.7. The number of hydrogen-bond donors (Lipinski definition) is 1. The molecule has 142 valence electrons. The smallest absolute Gasteiger partial charge is 0.236 e. The third-order valence-corrected chi connectivity index (χ3v) is 6.51. The van der Waals surface area contributed by atoms with Gasteiger partial charge < -0.3 is 4.90 Å². The number of amides is 1. The molecule has 1 N–H and O–H groups in total. The molecule has 0 aliphatic heterocycles. The third kappa shape index (κ3) is 4.30. The van der Waals surface area contributed by atoms with Crippen molar-refractivity contribution in [3.63, 3.8) is 0 Å². The molecule has 2 aromatic carbocycles. The fourth-order valence-corrected chi connectivity index (χ4v) is 4.93. The Morgan fingerprint density at radius 3 is 2.61 bits per heavy atom. The molecule has 0 saturated heterocycles. The Morgan fingerprint density at radius 1 is 1.07 bits per heavy atom. The van der Waals surface area contributed by atoms with Crippen LogP contribution in [0.3, 0.4) is 0 Å². The van der Waals surface area contributed by atoms with E-state index < -0.39 is 0 Å². The van der Waals surface area contributed by atoms with Crippen LogP contribution in [-0.4, -0.2) is 29.4 Å². The normalized spacial score (nSPS) is 12.2. The zero-order valence-corrected chi connectivity index (χ0v) is 17.2. The fourth-order valence-electron chi connectivity index (χ4n) is 3.09. The first-order valence-electron chi connectivity index (χ1n) is 9.11. The summed E-state index contributed by atoms with van der Waals surface area (Å²) in [7, 11) is 1.83.